The van der Waals surface area contributed by atoms with Crippen LogP contribution in [-0.2, 0) is 0 Å². The molecule has 1 amide bonds. The van der Waals surface area contributed by atoms with Crippen molar-refractivity contribution >= 4 is 33.2 Å². The Morgan fingerprint density at radius 2 is 2.05 bits per heavy atom. The molecule has 0 aliphatic heterocycles. The highest BCUT2D eigenvalue weighted by atomic mass is 79.9. The third-order valence-corrected chi connectivity index (χ3v) is 3.33. The number of hydrogen-bond acceptors (Lipinski definition) is 3. The summed E-state index contributed by atoms with van der Waals surface area (Å²) in [6.45, 7) is 0. The van der Waals surface area contributed by atoms with Gasteiger partial charge in [-0.2, -0.15) is 0 Å². The fourth-order valence-corrected chi connectivity index (χ4v) is 2.39. The topological polar surface area (TPSA) is 50.4 Å². The highest BCUT2D eigenvalue weighted by Gasteiger charge is 2.14. The van der Waals surface area contributed by atoms with Crippen molar-refractivity contribution in [2.24, 2.45) is 0 Å². The van der Waals surface area contributed by atoms with Gasteiger partial charge in [-0.25, -0.2) is 4.39 Å². The highest BCUT2D eigenvalue weighted by molar-refractivity contribution is 9.10. The Labute approximate surface area is 130 Å². The van der Waals surface area contributed by atoms with Crippen LogP contribution in [0.5, 0.6) is 5.75 Å². The molecule has 4 nitrogen and oxygen atoms in total. The highest BCUT2D eigenvalue weighted by Crippen LogP contribution is 2.26. The Hall–Kier alpha value is -2.08. The molecule has 2 aromatic rings. The van der Waals surface area contributed by atoms with E-state index in [1.807, 2.05) is 0 Å². The lowest BCUT2D eigenvalue weighted by Crippen LogP contribution is -2.14. The van der Waals surface area contributed by atoms with Crippen LogP contribution in [0.25, 0.3) is 0 Å². The van der Waals surface area contributed by atoms with Gasteiger partial charge in [0, 0.05) is 23.3 Å². The third-order valence-electron chi connectivity index (χ3n) is 2.87. The van der Waals surface area contributed by atoms with E-state index in [4.69, 9.17) is 4.74 Å². The number of ether oxygens (including phenoxy) is 1. The lowest BCUT2D eigenvalue weighted by molar-refractivity contribution is 0.102. The average Bonchev–Trinajstić information content (AvgIpc) is 2.46. The van der Waals surface area contributed by atoms with Crippen molar-refractivity contribution in [3.63, 3.8) is 0 Å². The molecule has 0 atom stereocenters. The molecule has 0 saturated heterocycles. The summed E-state index contributed by atoms with van der Waals surface area (Å²) in [4.78, 5) is 12.3. The van der Waals surface area contributed by atoms with Gasteiger partial charge >= 0.3 is 0 Å². The van der Waals surface area contributed by atoms with Crippen molar-refractivity contribution in [3.05, 3.63) is 52.3 Å². The van der Waals surface area contributed by atoms with E-state index in [1.54, 1.807) is 38.4 Å². The number of amides is 1. The maximum atomic E-state index is 13.7. The molecular weight excluding hydrogens is 339 g/mol. The van der Waals surface area contributed by atoms with Gasteiger partial charge in [0.1, 0.15) is 11.6 Å². The van der Waals surface area contributed by atoms with Gasteiger partial charge in [0.05, 0.1) is 18.4 Å². The second kappa shape index (κ2) is 6.58. The fraction of sp³-hybridized carbons (Fsp3) is 0.133. The smallest absolute Gasteiger partial charge is 0.257 e. The van der Waals surface area contributed by atoms with Crippen molar-refractivity contribution in [1.82, 2.24) is 0 Å². The molecule has 0 aliphatic rings. The SMILES string of the molecule is CNc1c(F)cccc1C(=O)Nc1cc(Br)cc(OC)c1. The summed E-state index contributed by atoms with van der Waals surface area (Å²) in [6, 6.07) is 9.54. The molecule has 0 bridgehead atoms. The second-order valence-corrected chi connectivity index (χ2v) is 5.16. The number of anilines is 2. The third kappa shape index (κ3) is 3.52. The number of para-hydroxylation sites is 1. The minimum atomic E-state index is -0.475. The average molecular weight is 353 g/mol. The number of halogens is 2. The molecular formula is C15H14BrFN2O2. The maximum Gasteiger partial charge on any atom is 0.257 e. The number of hydrogen-bond donors (Lipinski definition) is 2. The van der Waals surface area contributed by atoms with Crippen molar-refractivity contribution in [2.45, 2.75) is 0 Å². The van der Waals surface area contributed by atoms with Gasteiger partial charge in [0.2, 0.25) is 0 Å². The zero-order chi connectivity index (χ0) is 15.4. The van der Waals surface area contributed by atoms with E-state index in [1.165, 1.54) is 12.1 Å². The van der Waals surface area contributed by atoms with Gasteiger partial charge < -0.3 is 15.4 Å². The maximum absolute atomic E-state index is 13.7. The number of rotatable bonds is 4. The van der Waals surface area contributed by atoms with Gasteiger partial charge in [-0.15, -0.1) is 0 Å². The van der Waals surface area contributed by atoms with E-state index in [-0.39, 0.29) is 11.3 Å². The minimum Gasteiger partial charge on any atom is -0.497 e. The number of carbonyl (C=O) groups excluding carboxylic acids is 1. The zero-order valence-corrected chi connectivity index (χ0v) is 13.1. The Morgan fingerprint density at radius 3 is 2.71 bits per heavy atom. The molecule has 0 saturated carbocycles. The van der Waals surface area contributed by atoms with E-state index in [0.717, 1.165) is 4.47 Å². The van der Waals surface area contributed by atoms with Gasteiger partial charge in [-0.1, -0.05) is 22.0 Å². The van der Waals surface area contributed by atoms with Crippen LogP contribution in [0.4, 0.5) is 15.8 Å². The molecule has 6 heteroatoms. The first-order chi connectivity index (χ1) is 10.0. The molecule has 110 valence electrons. The number of methoxy groups -OCH3 is 1. The zero-order valence-electron chi connectivity index (χ0n) is 11.5. The van der Waals surface area contributed by atoms with Gasteiger partial charge in [-0.05, 0) is 24.3 Å². The summed E-state index contributed by atoms with van der Waals surface area (Å²) < 4.78 is 19.6. The predicted molar refractivity (Wildman–Crippen MR) is 84.6 cm³/mol. The molecule has 0 heterocycles. The summed E-state index contributed by atoms with van der Waals surface area (Å²) in [5, 5.41) is 5.41. The van der Waals surface area contributed by atoms with Crippen LogP contribution in [0.1, 0.15) is 10.4 Å². The van der Waals surface area contributed by atoms with E-state index in [2.05, 4.69) is 26.6 Å². The quantitative estimate of drug-likeness (QED) is 0.877. The van der Waals surface area contributed by atoms with Crippen LogP contribution in [-0.4, -0.2) is 20.1 Å². The fourth-order valence-electron chi connectivity index (χ4n) is 1.92. The first-order valence-corrected chi connectivity index (χ1v) is 6.96. The Bertz CT molecular complexity index is 677. The first-order valence-electron chi connectivity index (χ1n) is 6.17. The lowest BCUT2D eigenvalue weighted by atomic mass is 10.1. The van der Waals surface area contributed by atoms with Crippen molar-refractivity contribution in [3.8, 4) is 5.75 Å². The van der Waals surface area contributed by atoms with Crippen LogP contribution >= 0.6 is 15.9 Å². The molecule has 21 heavy (non-hydrogen) atoms. The molecule has 0 aromatic heterocycles. The van der Waals surface area contributed by atoms with Crippen LogP contribution in [0, 0.1) is 5.82 Å². The van der Waals surface area contributed by atoms with Crippen molar-refractivity contribution in [2.75, 3.05) is 24.8 Å². The Kier molecular flexibility index (Phi) is 4.80. The van der Waals surface area contributed by atoms with Gasteiger partial charge in [0.25, 0.3) is 5.91 Å². The van der Waals surface area contributed by atoms with E-state index in [9.17, 15) is 9.18 Å². The van der Waals surface area contributed by atoms with Crippen LogP contribution in [0.3, 0.4) is 0 Å². The monoisotopic (exact) mass is 352 g/mol. The van der Waals surface area contributed by atoms with E-state index >= 15 is 0 Å². The normalized spacial score (nSPS) is 10.1. The number of carbonyl (C=O) groups is 1. The summed E-state index contributed by atoms with van der Waals surface area (Å²) >= 11 is 3.34. The lowest BCUT2D eigenvalue weighted by Gasteiger charge is -2.11. The number of nitrogens with one attached hydrogen (secondary N) is 2. The minimum absolute atomic E-state index is 0.164. The van der Waals surface area contributed by atoms with Crippen LogP contribution < -0.4 is 15.4 Å². The molecule has 0 unspecified atom stereocenters. The van der Waals surface area contributed by atoms with Crippen LogP contribution in [0.15, 0.2) is 40.9 Å². The molecule has 2 N–H and O–H groups in total. The molecule has 2 aromatic carbocycles. The first kappa shape index (κ1) is 15.3. The number of benzene rings is 2. The summed E-state index contributed by atoms with van der Waals surface area (Å²) in [5.74, 6) is -0.274. The molecule has 0 aliphatic carbocycles. The molecule has 0 spiro atoms. The van der Waals surface area contributed by atoms with Crippen molar-refractivity contribution < 1.29 is 13.9 Å². The standard InChI is InChI=1S/C15H14BrFN2O2/c1-18-14-12(4-3-5-13(14)17)15(20)19-10-6-9(16)7-11(8-10)21-2/h3-8,18H,1-2H3,(H,19,20). The second-order valence-electron chi connectivity index (χ2n) is 4.25. The van der Waals surface area contributed by atoms with Gasteiger partial charge in [0.15, 0.2) is 0 Å². The summed E-state index contributed by atoms with van der Waals surface area (Å²) in [7, 11) is 3.11. The predicted octanol–water partition coefficient (Wildman–Crippen LogP) is 3.89. The molecule has 0 radical (unpaired) electrons. The Balaban J connectivity index is 2.30. The Morgan fingerprint density at radius 1 is 1.29 bits per heavy atom. The van der Waals surface area contributed by atoms with E-state index < -0.39 is 11.7 Å². The molecule has 2 rings (SSSR count). The summed E-state index contributed by atoms with van der Waals surface area (Å²) in [6.07, 6.45) is 0. The van der Waals surface area contributed by atoms with Crippen molar-refractivity contribution in [1.29, 1.82) is 0 Å². The van der Waals surface area contributed by atoms with E-state index in [0.29, 0.717) is 11.4 Å². The summed E-state index contributed by atoms with van der Waals surface area (Å²) in [5.41, 5.74) is 0.950. The largest absolute Gasteiger partial charge is 0.497 e. The van der Waals surface area contributed by atoms with Crippen LogP contribution in [0.2, 0.25) is 0 Å². The molecule has 0 fully saturated rings. The van der Waals surface area contributed by atoms with Gasteiger partial charge in [-0.3, -0.25) is 4.79 Å².